The van der Waals surface area contributed by atoms with Crippen LogP contribution in [0.15, 0.2) is 0 Å². The van der Waals surface area contributed by atoms with Crippen LogP contribution in [0.5, 0.6) is 0 Å². The van der Waals surface area contributed by atoms with E-state index in [2.05, 4.69) is 0 Å². The van der Waals surface area contributed by atoms with E-state index in [1.165, 1.54) is 0 Å². The maximum Gasteiger partial charge on any atom is 0.0267 e. The average Bonchev–Trinajstić information content (AvgIpc) is 2.70. The van der Waals surface area contributed by atoms with Crippen molar-refractivity contribution < 1.29 is 38.4 Å². The molecule has 0 aromatic rings. The van der Waals surface area contributed by atoms with Gasteiger partial charge in [0.15, 0.2) is 0 Å². The highest BCUT2D eigenvalue weighted by atomic mass is 14.0. The molecule has 0 heteroatoms. The van der Waals surface area contributed by atoms with Gasteiger partial charge in [0.05, 0.1) is 0 Å². The van der Waals surface area contributed by atoms with E-state index in [1.807, 2.05) is 0 Å². The summed E-state index contributed by atoms with van der Waals surface area (Å²) in [6.07, 6.45) is -51.5. The first-order chi connectivity index (χ1) is 17.0. The first-order valence-corrected chi connectivity index (χ1v) is 3.00. The first-order valence-electron chi connectivity index (χ1n) is 17.0. The molecule has 13 heavy (non-hydrogen) atoms. The van der Waals surface area contributed by atoms with Crippen molar-refractivity contribution in [3.8, 4) is 0 Å². The monoisotopic (exact) mass is 212 g/mol. The molecule has 0 aliphatic carbocycles. The molecule has 0 unspecified atom stereocenters. The van der Waals surface area contributed by atoms with Gasteiger partial charge in [-0.15, -0.1) is 0 Å². The lowest BCUT2D eigenvalue weighted by atomic mass is 10.1. The van der Waals surface area contributed by atoms with Gasteiger partial charge in [0, 0.05) is 38.4 Å². The van der Waals surface area contributed by atoms with Crippen LogP contribution in [-0.4, -0.2) is 0 Å². The fourth-order valence-corrected chi connectivity index (χ4v) is 0.281. The highest BCUT2D eigenvalue weighted by Crippen LogP contribution is 2.10. The zero-order valence-electron chi connectivity index (χ0n) is 34.5. The molecule has 0 fully saturated rings. The van der Waals surface area contributed by atoms with Gasteiger partial charge in [-0.05, 0) is 0 Å². The fraction of sp³-hybridized carbons (Fsp3) is 1.00. The predicted octanol–water partition coefficient (Wildman–Crippen LogP) is 5.32. The standard InChI is InChI=1S/C13H28/c1-3-5-7-9-11-13-12-10-8-6-4-2/h3-13H2,1-2H3/i1D3,2D3,3D2,4D2,5D2,6D2,7D2,8D2,9D2,10D2,11D2,12D2,13D2. The fourth-order valence-electron chi connectivity index (χ4n) is 0.281. The Morgan fingerprint density at radius 1 is 0.615 bits per heavy atom. The van der Waals surface area contributed by atoms with Gasteiger partial charge < -0.3 is 0 Å². The SMILES string of the molecule is [2H]C([2H])([2H])C([2H])([2H])C([2H])([2H])C([2H])([2H])C([2H])([2H])C([2H])([2H])C([2H])([2H])C([2H])([2H])C([2H])([2H])C([2H])([2H])C([2H])([2H])C([2H])([2H])C([2H])([2H])[2H]. The third-order valence-corrected chi connectivity index (χ3v) is 0.625. The maximum absolute atomic E-state index is 8.02. The minimum absolute atomic E-state index is 4.03. The van der Waals surface area contributed by atoms with Crippen molar-refractivity contribution in [3.05, 3.63) is 0 Å². The molecule has 0 spiro atoms. The third kappa shape index (κ3) is 12.0. The second kappa shape index (κ2) is 12.0. The third-order valence-electron chi connectivity index (χ3n) is 0.625. The zero-order valence-corrected chi connectivity index (χ0v) is 6.50. The van der Waals surface area contributed by atoms with E-state index >= 15 is 0 Å². The van der Waals surface area contributed by atoms with E-state index in [1.54, 1.807) is 0 Å². The molecule has 0 aromatic carbocycles. The first kappa shape index (κ1) is 1.17. The van der Waals surface area contributed by atoms with E-state index in [0.29, 0.717) is 0 Å². The van der Waals surface area contributed by atoms with Crippen LogP contribution in [-0.2, 0) is 0 Å². The van der Waals surface area contributed by atoms with Crippen molar-refractivity contribution in [2.75, 3.05) is 0 Å². The lowest BCUT2D eigenvalue weighted by molar-refractivity contribution is 0.554. The topological polar surface area (TPSA) is 0 Å². The maximum atomic E-state index is 8.02. The van der Waals surface area contributed by atoms with Gasteiger partial charge in [-0.3, -0.25) is 0 Å². The summed E-state index contributed by atoms with van der Waals surface area (Å²) in [5, 5.41) is 0. The summed E-state index contributed by atoms with van der Waals surface area (Å²) < 4.78 is 216. The van der Waals surface area contributed by atoms with Crippen molar-refractivity contribution in [2.24, 2.45) is 0 Å². The summed E-state index contributed by atoms with van der Waals surface area (Å²) >= 11 is 0. The summed E-state index contributed by atoms with van der Waals surface area (Å²) in [7, 11) is 0. The quantitative estimate of drug-likeness (QED) is 0.460. The van der Waals surface area contributed by atoms with E-state index in [-0.39, 0.29) is 0 Å². The van der Waals surface area contributed by atoms with Gasteiger partial charge >= 0.3 is 0 Å². The molecule has 0 radical (unpaired) electrons. The van der Waals surface area contributed by atoms with Crippen molar-refractivity contribution in [1.82, 2.24) is 0 Å². The lowest BCUT2D eigenvalue weighted by Crippen LogP contribution is -1.80. The molecular formula is C13H28. The molecule has 0 heterocycles. The van der Waals surface area contributed by atoms with Gasteiger partial charge in [0.1, 0.15) is 0 Å². The summed E-state index contributed by atoms with van der Waals surface area (Å²) in [5.74, 6) is 0. The van der Waals surface area contributed by atoms with Gasteiger partial charge in [0.2, 0.25) is 0 Å². The van der Waals surface area contributed by atoms with Crippen molar-refractivity contribution in [1.29, 1.82) is 0 Å². The molecule has 0 amide bonds. The number of rotatable bonds is 10. The van der Waals surface area contributed by atoms with Crippen LogP contribution in [0.25, 0.3) is 0 Å². The Balaban J connectivity index is 7.41. The highest BCUT2D eigenvalue weighted by Gasteiger charge is 1.90. The molecule has 0 saturated heterocycles. The van der Waals surface area contributed by atoms with E-state index in [0.717, 1.165) is 0 Å². The van der Waals surface area contributed by atoms with E-state index in [4.69, 9.17) is 38.4 Å². The second-order valence-electron chi connectivity index (χ2n) is 1.38. The summed E-state index contributed by atoms with van der Waals surface area (Å²) in [5.41, 5.74) is 0. The molecule has 0 aliphatic rings. The van der Waals surface area contributed by atoms with Gasteiger partial charge in [-0.2, -0.15) is 0 Å². The van der Waals surface area contributed by atoms with Gasteiger partial charge in [-0.25, -0.2) is 0 Å². The predicted molar refractivity (Wildman–Crippen MR) is 62.1 cm³/mol. The molecular weight excluding hydrogens is 156 g/mol. The van der Waals surface area contributed by atoms with E-state index in [9.17, 15) is 0 Å². The minimum Gasteiger partial charge on any atom is -0.0654 e. The normalized spacial score (nSPS) is 56.6. The molecule has 0 aromatic heterocycles. The number of hydrogen-bond donors (Lipinski definition) is 0. The Morgan fingerprint density at radius 2 is 0.923 bits per heavy atom. The Labute approximate surface area is 124 Å². The van der Waals surface area contributed by atoms with Crippen LogP contribution < -0.4 is 0 Å². The van der Waals surface area contributed by atoms with Crippen LogP contribution in [0.1, 0.15) is 122 Å². The lowest BCUT2D eigenvalue weighted by Gasteiger charge is -2.00. The molecule has 0 atom stereocenters. The van der Waals surface area contributed by atoms with Gasteiger partial charge in [0.25, 0.3) is 0 Å². The molecule has 0 aliphatic heterocycles. The van der Waals surface area contributed by atoms with Gasteiger partial charge in [-0.1, -0.05) is 83.8 Å². The van der Waals surface area contributed by atoms with Crippen LogP contribution in [0.2, 0.25) is 0 Å². The molecule has 80 valence electrons. The molecule has 0 nitrogen and oxygen atoms in total. The van der Waals surface area contributed by atoms with Crippen LogP contribution in [0, 0.1) is 0 Å². The Kier molecular flexibility index (Phi) is 1.08. The Morgan fingerprint density at radius 3 is 1.23 bits per heavy atom. The summed E-state index contributed by atoms with van der Waals surface area (Å²) in [6, 6.07) is 0. The average molecular weight is 213 g/mol. The van der Waals surface area contributed by atoms with Crippen LogP contribution >= 0.6 is 0 Å². The molecule has 0 rings (SSSR count). The minimum atomic E-state index is -4.90. The zero-order chi connectivity index (χ0) is 34.5. The molecule has 0 N–H and O–H groups in total. The second-order valence-corrected chi connectivity index (χ2v) is 1.38. The van der Waals surface area contributed by atoms with Crippen LogP contribution in [0.4, 0.5) is 0 Å². The van der Waals surface area contributed by atoms with Crippen molar-refractivity contribution in [2.45, 2.75) is 83.8 Å². The largest absolute Gasteiger partial charge is 0.0654 e. The molecule has 0 saturated carbocycles. The van der Waals surface area contributed by atoms with Crippen LogP contribution in [0.3, 0.4) is 0 Å². The Bertz CT molecular complexity index is 878. The molecule has 0 bridgehead atoms. The summed E-state index contributed by atoms with van der Waals surface area (Å²) in [6.45, 7) is -8.05. The number of hydrogen-bond acceptors (Lipinski definition) is 0. The Hall–Kier alpha value is 0. The smallest absolute Gasteiger partial charge is 0.0267 e. The van der Waals surface area contributed by atoms with E-state index < -0.39 is 83.8 Å². The van der Waals surface area contributed by atoms with Crippen molar-refractivity contribution >= 4 is 0 Å². The summed E-state index contributed by atoms with van der Waals surface area (Å²) in [4.78, 5) is 0. The highest BCUT2D eigenvalue weighted by molar-refractivity contribution is 4.46. The van der Waals surface area contributed by atoms with Crippen molar-refractivity contribution in [3.63, 3.8) is 0 Å².